The van der Waals surface area contributed by atoms with Crippen LogP contribution in [0.5, 0.6) is 5.75 Å². The Labute approximate surface area is 121 Å². The molecule has 2 aromatic rings. The molecule has 2 heteroatoms. The SMILES string of the molecule is CCc1ccc(OC(C)C(O)c2ccc(C)cc2)cc1. The molecule has 2 unspecified atom stereocenters. The molecule has 20 heavy (non-hydrogen) atoms. The van der Waals surface area contributed by atoms with E-state index in [9.17, 15) is 5.11 Å². The van der Waals surface area contributed by atoms with Crippen LogP contribution in [0.25, 0.3) is 0 Å². The summed E-state index contributed by atoms with van der Waals surface area (Å²) in [5.41, 5.74) is 3.35. The second kappa shape index (κ2) is 6.58. The fourth-order valence-electron chi connectivity index (χ4n) is 2.12. The maximum Gasteiger partial charge on any atom is 0.126 e. The normalized spacial score (nSPS) is 13.8. The molecule has 0 aliphatic carbocycles. The lowest BCUT2D eigenvalue weighted by Crippen LogP contribution is -2.21. The molecule has 0 bridgehead atoms. The highest BCUT2D eigenvalue weighted by atomic mass is 16.5. The number of aliphatic hydroxyl groups excluding tert-OH is 1. The number of ether oxygens (including phenoxy) is 1. The summed E-state index contributed by atoms with van der Waals surface area (Å²) in [4.78, 5) is 0. The van der Waals surface area contributed by atoms with Crippen molar-refractivity contribution in [1.82, 2.24) is 0 Å². The summed E-state index contributed by atoms with van der Waals surface area (Å²) in [6.07, 6.45) is 0.105. The predicted octanol–water partition coefficient (Wildman–Crippen LogP) is 4.06. The van der Waals surface area contributed by atoms with Gasteiger partial charge in [-0.1, -0.05) is 48.9 Å². The highest BCUT2D eigenvalue weighted by Gasteiger charge is 2.17. The van der Waals surface area contributed by atoms with Gasteiger partial charge in [0.1, 0.15) is 18.0 Å². The van der Waals surface area contributed by atoms with Crippen LogP contribution < -0.4 is 4.74 Å². The summed E-state index contributed by atoms with van der Waals surface area (Å²) in [6, 6.07) is 15.9. The molecule has 0 aromatic heterocycles. The molecule has 0 aliphatic heterocycles. The number of hydrogen-bond donors (Lipinski definition) is 1. The molecule has 0 saturated heterocycles. The fraction of sp³-hybridized carbons (Fsp3) is 0.333. The Bertz CT molecular complexity index is 528. The van der Waals surface area contributed by atoms with Crippen LogP contribution in [0.15, 0.2) is 48.5 Å². The van der Waals surface area contributed by atoms with Crippen molar-refractivity contribution in [2.75, 3.05) is 0 Å². The van der Waals surface area contributed by atoms with Gasteiger partial charge >= 0.3 is 0 Å². The Balaban J connectivity index is 2.02. The first-order valence-electron chi connectivity index (χ1n) is 7.10. The lowest BCUT2D eigenvalue weighted by molar-refractivity contribution is 0.0467. The summed E-state index contributed by atoms with van der Waals surface area (Å²) in [7, 11) is 0. The average molecular weight is 270 g/mol. The first-order chi connectivity index (χ1) is 9.60. The molecular weight excluding hydrogens is 248 g/mol. The zero-order chi connectivity index (χ0) is 14.5. The summed E-state index contributed by atoms with van der Waals surface area (Å²) in [5.74, 6) is 0.792. The van der Waals surface area contributed by atoms with Gasteiger partial charge in [0.25, 0.3) is 0 Å². The van der Waals surface area contributed by atoms with E-state index in [1.807, 2.05) is 50.2 Å². The highest BCUT2D eigenvalue weighted by Crippen LogP contribution is 2.22. The van der Waals surface area contributed by atoms with E-state index in [0.717, 1.165) is 17.7 Å². The van der Waals surface area contributed by atoms with Crippen molar-refractivity contribution in [2.24, 2.45) is 0 Å². The highest BCUT2D eigenvalue weighted by molar-refractivity contribution is 5.28. The van der Waals surface area contributed by atoms with Crippen LogP contribution in [0, 0.1) is 6.92 Å². The molecule has 0 aliphatic rings. The van der Waals surface area contributed by atoms with Gasteiger partial charge in [-0.3, -0.25) is 0 Å². The second-order valence-corrected chi connectivity index (χ2v) is 5.18. The van der Waals surface area contributed by atoms with Crippen LogP contribution >= 0.6 is 0 Å². The molecule has 0 amide bonds. The van der Waals surface area contributed by atoms with Gasteiger partial charge in [0.15, 0.2) is 0 Å². The van der Waals surface area contributed by atoms with Gasteiger partial charge in [-0.05, 0) is 43.5 Å². The van der Waals surface area contributed by atoms with E-state index in [4.69, 9.17) is 4.74 Å². The van der Waals surface area contributed by atoms with Gasteiger partial charge in [0.2, 0.25) is 0 Å². The van der Waals surface area contributed by atoms with Crippen molar-refractivity contribution in [3.05, 3.63) is 65.2 Å². The number of aliphatic hydroxyl groups is 1. The Morgan fingerprint density at radius 1 is 1.00 bits per heavy atom. The molecule has 0 radical (unpaired) electrons. The molecule has 106 valence electrons. The maximum atomic E-state index is 10.3. The number of hydrogen-bond acceptors (Lipinski definition) is 2. The molecule has 0 heterocycles. The van der Waals surface area contributed by atoms with Gasteiger partial charge in [-0.15, -0.1) is 0 Å². The third-order valence-corrected chi connectivity index (χ3v) is 3.52. The van der Waals surface area contributed by atoms with Crippen LogP contribution in [0.1, 0.15) is 36.6 Å². The van der Waals surface area contributed by atoms with Crippen molar-refractivity contribution < 1.29 is 9.84 Å². The van der Waals surface area contributed by atoms with E-state index >= 15 is 0 Å². The van der Waals surface area contributed by atoms with Crippen LogP contribution in [-0.4, -0.2) is 11.2 Å². The molecule has 2 atom stereocenters. The summed E-state index contributed by atoms with van der Waals surface area (Å²) in [6.45, 7) is 6.04. The molecule has 0 spiro atoms. The largest absolute Gasteiger partial charge is 0.488 e. The number of benzene rings is 2. The van der Waals surface area contributed by atoms with Crippen molar-refractivity contribution in [3.8, 4) is 5.75 Å². The minimum absolute atomic E-state index is 0.287. The summed E-state index contributed by atoms with van der Waals surface area (Å²) >= 11 is 0. The molecule has 0 fully saturated rings. The summed E-state index contributed by atoms with van der Waals surface area (Å²) < 4.78 is 5.81. The Morgan fingerprint density at radius 3 is 2.15 bits per heavy atom. The van der Waals surface area contributed by atoms with E-state index in [1.165, 1.54) is 11.1 Å². The van der Waals surface area contributed by atoms with Crippen molar-refractivity contribution in [1.29, 1.82) is 0 Å². The van der Waals surface area contributed by atoms with E-state index in [2.05, 4.69) is 19.1 Å². The Hall–Kier alpha value is -1.80. The minimum atomic E-state index is -0.624. The monoisotopic (exact) mass is 270 g/mol. The summed E-state index contributed by atoms with van der Waals surface area (Å²) in [5, 5.41) is 10.3. The Morgan fingerprint density at radius 2 is 1.60 bits per heavy atom. The van der Waals surface area contributed by atoms with Gasteiger partial charge in [0, 0.05) is 0 Å². The first-order valence-corrected chi connectivity index (χ1v) is 7.10. The zero-order valence-corrected chi connectivity index (χ0v) is 12.3. The van der Waals surface area contributed by atoms with E-state index in [1.54, 1.807) is 0 Å². The topological polar surface area (TPSA) is 29.5 Å². The molecule has 0 saturated carbocycles. The van der Waals surface area contributed by atoms with Gasteiger partial charge in [-0.25, -0.2) is 0 Å². The first kappa shape index (κ1) is 14.6. The van der Waals surface area contributed by atoms with E-state index in [-0.39, 0.29) is 6.10 Å². The smallest absolute Gasteiger partial charge is 0.126 e. The lowest BCUT2D eigenvalue weighted by atomic mass is 10.0. The fourth-order valence-corrected chi connectivity index (χ4v) is 2.12. The van der Waals surface area contributed by atoms with Gasteiger partial charge in [-0.2, -0.15) is 0 Å². The molecule has 2 rings (SSSR count). The third-order valence-electron chi connectivity index (χ3n) is 3.52. The van der Waals surface area contributed by atoms with Crippen molar-refractivity contribution in [3.63, 3.8) is 0 Å². The van der Waals surface area contributed by atoms with Crippen molar-refractivity contribution in [2.45, 2.75) is 39.4 Å². The molecule has 1 N–H and O–H groups in total. The second-order valence-electron chi connectivity index (χ2n) is 5.18. The van der Waals surface area contributed by atoms with E-state index in [0.29, 0.717) is 0 Å². The van der Waals surface area contributed by atoms with Crippen LogP contribution in [-0.2, 0) is 6.42 Å². The van der Waals surface area contributed by atoms with Crippen molar-refractivity contribution >= 4 is 0 Å². The molecule has 2 nitrogen and oxygen atoms in total. The van der Waals surface area contributed by atoms with Crippen LogP contribution in [0.2, 0.25) is 0 Å². The zero-order valence-electron chi connectivity index (χ0n) is 12.3. The Kier molecular flexibility index (Phi) is 4.80. The van der Waals surface area contributed by atoms with Crippen LogP contribution in [0.4, 0.5) is 0 Å². The minimum Gasteiger partial charge on any atom is -0.488 e. The lowest BCUT2D eigenvalue weighted by Gasteiger charge is -2.21. The van der Waals surface area contributed by atoms with Gasteiger partial charge in [0.05, 0.1) is 0 Å². The number of rotatable bonds is 5. The third kappa shape index (κ3) is 3.61. The van der Waals surface area contributed by atoms with Crippen LogP contribution in [0.3, 0.4) is 0 Å². The quantitative estimate of drug-likeness (QED) is 0.888. The molecular formula is C18H22O2. The standard InChI is InChI=1S/C18H22O2/c1-4-15-7-11-17(12-8-15)20-14(3)18(19)16-9-5-13(2)6-10-16/h5-12,14,18-19H,4H2,1-3H3. The number of aryl methyl sites for hydroxylation is 2. The predicted molar refractivity (Wildman–Crippen MR) is 82.0 cm³/mol. The molecule has 2 aromatic carbocycles. The maximum absolute atomic E-state index is 10.3. The van der Waals surface area contributed by atoms with E-state index < -0.39 is 6.10 Å². The average Bonchev–Trinajstić information content (AvgIpc) is 2.48. The van der Waals surface area contributed by atoms with Gasteiger partial charge < -0.3 is 9.84 Å².